The number of anilines is 3. The smallest absolute Gasteiger partial charge is 0.257 e. The monoisotopic (exact) mass is 463 g/mol. The maximum atomic E-state index is 12.9. The van der Waals surface area contributed by atoms with Crippen molar-refractivity contribution in [2.75, 3.05) is 10.6 Å². The standard InChI is InChI=1S/C27H21N5OS/c1-18-28-23(19-9-4-2-5-10-19)16-25(29-18)30-22-14-8-13-21(15-22)26(33)32-27-31-24(17-34-27)20-11-6-3-7-12-20/h2-17H,1H3,(H,28,29,30)(H,31,32,33). The summed E-state index contributed by atoms with van der Waals surface area (Å²) in [5.74, 6) is 1.11. The maximum absolute atomic E-state index is 12.9. The number of benzene rings is 3. The Bertz CT molecular complexity index is 1430. The Morgan fingerprint density at radius 1 is 0.765 bits per heavy atom. The van der Waals surface area contributed by atoms with E-state index in [1.165, 1.54) is 11.3 Å². The van der Waals surface area contributed by atoms with Crippen molar-refractivity contribution in [2.24, 2.45) is 0 Å². The van der Waals surface area contributed by atoms with E-state index in [0.29, 0.717) is 22.3 Å². The van der Waals surface area contributed by atoms with E-state index in [2.05, 4.69) is 25.6 Å². The van der Waals surface area contributed by atoms with E-state index in [4.69, 9.17) is 0 Å². The van der Waals surface area contributed by atoms with Crippen LogP contribution in [0.3, 0.4) is 0 Å². The van der Waals surface area contributed by atoms with Crippen LogP contribution in [0.4, 0.5) is 16.6 Å². The van der Waals surface area contributed by atoms with Crippen LogP contribution in [0.5, 0.6) is 0 Å². The Morgan fingerprint density at radius 3 is 2.21 bits per heavy atom. The second kappa shape index (κ2) is 9.64. The van der Waals surface area contributed by atoms with Gasteiger partial charge >= 0.3 is 0 Å². The highest BCUT2D eigenvalue weighted by Gasteiger charge is 2.11. The summed E-state index contributed by atoms with van der Waals surface area (Å²) < 4.78 is 0. The zero-order chi connectivity index (χ0) is 23.3. The Kier molecular flexibility index (Phi) is 6.09. The van der Waals surface area contributed by atoms with Gasteiger partial charge in [0.05, 0.1) is 11.4 Å². The number of carbonyl (C=O) groups excluding carboxylic acids is 1. The van der Waals surface area contributed by atoms with E-state index in [0.717, 1.165) is 28.2 Å². The lowest BCUT2D eigenvalue weighted by molar-refractivity contribution is 0.102. The Morgan fingerprint density at radius 2 is 1.47 bits per heavy atom. The molecule has 34 heavy (non-hydrogen) atoms. The van der Waals surface area contributed by atoms with Crippen LogP contribution in [-0.2, 0) is 0 Å². The van der Waals surface area contributed by atoms with Gasteiger partial charge in [0.25, 0.3) is 5.91 Å². The molecule has 6 nitrogen and oxygen atoms in total. The third kappa shape index (κ3) is 5.00. The molecule has 7 heteroatoms. The van der Waals surface area contributed by atoms with Gasteiger partial charge in [0, 0.05) is 33.8 Å². The highest BCUT2D eigenvalue weighted by Crippen LogP contribution is 2.26. The number of thiazole rings is 1. The molecule has 0 unspecified atom stereocenters. The summed E-state index contributed by atoms with van der Waals surface area (Å²) in [6.07, 6.45) is 0. The van der Waals surface area contributed by atoms with Crippen LogP contribution in [-0.4, -0.2) is 20.9 Å². The molecule has 1 amide bonds. The van der Waals surface area contributed by atoms with Crippen molar-refractivity contribution in [1.82, 2.24) is 15.0 Å². The van der Waals surface area contributed by atoms with Gasteiger partial charge in [-0.3, -0.25) is 10.1 Å². The van der Waals surface area contributed by atoms with E-state index in [1.807, 2.05) is 91.2 Å². The second-order valence-corrected chi connectivity index (χ2v) is 8.47. The molecule has 0 aliphatic carbocycles. The minimum Gasteiger partial charge on any atom is -0.340 e. The van der Waals surface area contributed by atoms with E-state index >= 15 is 0 Å². The number of carbonyl (C=O) groups is 1. The normalized spacial score (nSPS) is 10.6. The molecular weight excluding hydrogens is 442 g/mol. The summed E-state index contributed by atoms with van der Waals surface area (Å²) in [5.41, 5.74) is 4.99. The first-order chi connectivity index (χ1) is 16.6. The SMILES string of the molecule is Cc1nc(Nc2cccc(C(=O)Nc3nc(-c4ccccc4)cs3)c2)cc(-c2ccccc2)n1. The molecule has 0 spiro atoms. The van der Waals surface area contributed by atoms with Crippen molar-refractivity contribution in [3.05, 3.63) is 108 Å². The van der Waals surface area contributed by atoms with E-state index in [9.17, 15) is 4.79 Å². The number of amides is 1. The molecule has 3 aromatic carbocycles. The fraction of sp³-hybridized carbons (Fsp3) is 0.0370. The van der Waals surface area contributed by atoms with Gasteiger partial charge in [0.15, 0.2) is 5.13 Å². The van der Waals surface area contributed by atoms with Crippen LogP contribution in [0.1, 0.15) is 16.2 Å². The van der Waals surface area contributed by atoms with Gasteiger partial charge in [-0.1, -0.05) is 66.7 Å². The number of nitrogens with one attached hydrogen (secondary N) is 2. The van der Waals surface area contributed by atoms with Crippen LogP contribution in [0, 0.1) is 6.92 Å². The molecule has 0 radical (unpaired) electrons. The molecule has 2 aromatic heterocycles. The third-order valence-electron chi connectivity index (χ3n) is 5.10. The molecule has 5 aromatic rings. The van der Waals surface area contributed by atoms with Crippen LogP contribution in [0.15, 0.2) is 96.4 Å². The fourth-order valence-electron chi connectivity index (χ4n) is 3.52. The highest BCUT2D eigenvalue weighted by molar-refractivity contribution is 7.14. The van der Waals surface area contributed by atoms with Crippen molar-refractivity contribution in [1.29, 1.82) is 0 Å². The zero-order valence-corrected chi connectivity index (χ0v) is 19.2. The summed E-state index contributed by atoms with van der Waals surface area (Å²) >= 11 is 1.40. The van der Waals surface area contributed by atoms with Crippen LogP contribution in [0.2, 0.25) is 0 Å². The molecule has 0 aliphatic heterocycles. The average Bonchev–Trinajstić information content (AvgIpc) is 3.33. The lowest BCUT2D eigenvalue weighted by atomic mass is 10.1. The van der Waals surface area contributed by atoms with Gasteiger partial charge in [-0.2, -0.15) is 0 Å². The quantitative estimate of drug-likeness (QED) is 0.298. The number of aryl methyl sites for hydroxylation is 1. The molecule has 0 atom stereocenters. The van der Waals surface area contributed by atoms with Crippen molar-refractivity contribution in [3.8, 4) is 22.5 Å². The zero-order valence-electron chi connectivity index (χ0n) is 18.4. The van der Waals surface area contributed by atoms with Crippen LogP contribution < -0.4 is 10.6 Å². The van der Waals surface area contributed by atoms with Crippen molar-refractivity contribution in [2.45, 2.75) is 6.92 Å². The van der Waals surface area contributed by atoms with E-state index < -0.39 is 0 Å². The first-order valence-electron chi connectivity index (χ1n) is 10.7. The van der Waals surface area contributed by atoms with Crippen molar-refractivity contribution < 1.29 is 4.79 Å². The fourth-order valence-corrected chi connectivity index (χ4v) is 4.23. The summed E-state index contributed by atoms with van der Waals surface area (Å²) in [4.78, 5) is 26.4. The van der Waals surface area contributed by atoms with Crippen molar-refractivity contribution >= 4 is 33.9 Å². The highest BCUT2D eigenvalue weighted by atomic mass is 32.1. The van der Waals surface area contributed by atoms with E-state index in [-0.39, 0.29) is 5.91 Å². The summed E-state index contributed by atoms with van der Waals surface area (Å²) in [5, 5.41) is 8.68. The topological polar surface area (TPSA) is 79.8 Å². The predicted octanol–water partition coefficient (Wildman–Crippen LogP) is 6.57. The van der Waals surface area contributed by atoms with Gasteiger partial charge in [-0.25, -0.2) is 15.0 Å². The molecule has 0 fully saturated rings. The minimum atomic E-state index is -0.221. The van der Waals surface area contributed by atoms with E-state index in [1.54, 1.807) is 12.1 Å². The number of aromatic nitrogens is 3. The van der Waals surface area contributed by atoms with Gasteiger partial charge in [0.1, 0.15) is 11.6 Å². The Balaban J connectivity index is 1.32. The lowest BCUT2D eigenvalue weighted by Crippen LogP contribution is -2.12. The molecule has 166 valence electrons. The largest absolute Gasteiger partial charge is 0.340 e. The molecule has 0 aliphatic rings. The summed E-state index contributed by atoms with van der Waals surface area (Å²) in [6, 6.07) is 29.0. The average molecular weight is 464 g/mol. The maximum Gasteiger partial charge on any atom is 0.257 e. The Hall–Kier alpha value is -4.36. The predicted molar refractivity (Wildman–Crippen MR) is 137 cm³/mol. The first kappa shape index (κ1) is 21.5. The van der Waals surface area contributed by atoms with Crippen LogP contribution >= 0.6 is 11.3 Å². The Labute approximate surface area is 201 Å². The number of hydrogen-bond donors (Lipinski definition) is 2. The van der Waals surface area contributed by atoms with Gasteiger partial charge in [-0.05, 0) is 25.1 Å². The van der Waals surface area contributed by atoms with Crippen LogP contribution in [0.25, 0.3) is 22.5 Å². The lowest BCUT2D eigenvalue weighted by Gasteiger charge is -2.10. The van der Waals surface area contributed by atoms with Gasteiger partial charge < -0.3 is 5.32 Å². The second-order valence-electron chi connectivity index (χ2n) is 7.62. The van der Waals surface area contributed by atoms with Gasteiger partial charge in [0.2, 0.25) is 0 Å². The molecule has 5 rings (SSSR count). The molecule has 2 N–H and O–H groups in total. The minimum absolute atomic E-state index is 0.221. The van der Waals surface area contributed by atoms with Crippen molar-refractivity contribution in [3.63, 3.8) is 0 Å². The molecule has 0 saturated heterocycles. The third-order valence-corrected chi connectivity index (χ3v) is 5.86. The van der Waals surface area contributed by atoms with Gasteiger partial charge in [-0.15, -0.1) is 11.3 Å². The number of rotatable bonds is 6. The molecule has 0 saturated carbocycles. The number of hydrogen-bond acceptors (Lipinski definition) is 6. The number of nitrogens with zero attached hydrogens (tertiary/aromatic N) is 3. The first-order valence-corrected chi connectivity index (χ1v) is 11.6. The molecule has 0 bridgehead atoms. The molecule has 2 heterocycles. The summed E-state index contributed by atoms with van der Waals surface area (Å²) in [6.45, 7) is 1.86. The summed E-state index contributed by atoms with van der Waals surface area (Å²) in [7, 11) is 0. The molecular formula is C27H21N5OS.